The van der Waals surface area contributed by atoms with Gasteiger partial charge in [-0.1, -0.05) is 13.8 Å². The first-order chi connectivity index (χ1) is 9.80. The standard InChI is InChI=1S/C13H17FN2O4S/c1-3-8(4-2)9-5-10(14)13(11(17)6-9)16-7-12(18)15-21(16,19)20/h5-6,8,17H,3-4,7H2,1-2H3,(H,15,18). The molecule has 0 saturated carbocycles. The molecule has 1 amide bonds. The summed E-state index contributed by atoms with van der Waals surface area (Å²) in [6.45, 7) is 3.35. The molecule has 2 N–H and O–H groups in total. The van der Waals surface area contributed by atoms with E-state index in [1.54, 1.807) is 4.72 Å². The fourth-order valence-corrected chi connectivity index (χ4v) is 3.66. The van der Waals surface area contributed by atoms with Gasteiger partial charge in [0.25, 0.3) is 5.91 Å². The van der Waals surface area contributed by atoms with Gasteiger partial charge in [0.2, 0.25) is 0 Å². The highest BCUT2D eigenvalue weighted by atomic mass is 32.2. The van der Waals surface area contributed by atoms with E-state index in [2.05, 4.69) is 0 Å². The van der Waals surface area contributed by atoms with Crippen molar-refractivity contribution in [2.24, 2.45) is 0 Å². The molecule has 1 aliphatic heterocycles. The topological polar surface area (TPSA) is 86.7 Å². The Bertz CT molecular complexity index is 648. The van der Waals surface area contributed by atoms with Crippen molar-refractivity contribution in [2.75, 3.05) is 10.8 Å². The van der Waals surface area contributed by atoms with Crippen molar-refractivity contribution in [1.29, 1.82) is 0 Å². The number of halogens is 1. The molecular formula is C13H17FN2O4S. The maximum atomic E-state index is 14.3. The fraction of sp³-hybridized carbons (Fsp3) is 0.462. The van der Waals surface area contributed by atoms with E-state index in [9.17, 15) is 22.7 Å². The van der Waals surface area contributed by atoms with Gasteiger partial charge in [-0.25, -0.2) is 13.4 Å². The summed E-state index contributed by atoms with van der Waals surface area (Å²) in [6.07, 6.45) is 1.55. The summed E-state index contributed by atoms with van der Waals surface area (Å²) in [7, 11) is -4.14. The second-order valence-corrected chi connectivity index (χ2v) is 6.52. The minimum Gasteiger partial charge on any atom is -0.506 e. The molecule has 116 valence electrons. The monoisotopic (exact) mass is 316 g/mol. The Kier molecular flexibility index (Phi) is 4.08. The molecule has 6 nitrogen and oxygen atoms in total. The van der Waals surface area contributed by atoms with Crippen LogP contribution in [0.1, 0.15) is 38.2 Å². The zero-order chi connectivity index (χ0) is 15.8. The number of carbonyl (C=O) groups is 1. The van der Waals surface area contributed by atoms with Gasteiger partial charge in [-0.3, -0.25) is 4.79 Å². The second-order valence-electron chi connectivity index (χ2n) is 4.92. The van der Waals surface area contributed by atoms with E-state index in [0.717, 1.165) is 12.8 Å². The Morgan fingerprint density at radius 2 is 2.00 bits per heavy atom. The lowest BCUT2D eigenvalue weighted by Crippen LogP contribution is -2.30. The molecule has 0 radical (unpaired) electrons. The number of amides is 1. The minimum absolute atomic E-state index is 0.0781. The zero-order valence-corrected chi connectivity index (χ0v) is 12.6. The molecule has 0 bridgehead atoms. The van der Waals surface area contributed by atoms with Crippen LogP contribution < -0.4 is 9.03 Å². The van der Waals surface area contributed by atoms with Crippen molar-refractivity contribution < 1.29 is 22.7 Å². The largest absolute Gasteiger partial charge is 0.506 e. The quantitative estimate of drug-likeness (QED) is 0.883. The highest BCUT2D eigenvalue weighted by Crippen LogP contribution is 2.37. The molecule has 2 rings (SSSR count). The van der Waals surface area contributed by atoms with Crippen LogP contribution in [0.3, 0.4) is 0 Å². The highest BCUT2D eigenvalue weighted by Gasteiger charge is 2.37. The molecule has 0 unspecified atom stereocenters. The van der Waals surface area contributed by atoms with Crippen LogP contribution in [0.2, 0.25) is 0 Å². The lowest BCUT2D eigenvalue weighted by Gasteiger charge is -2.20. The molecule has 1 aromatic carbocycles. The molecule has 0 aromatic heterocycles. The number of nitrogens with zero attached hydrogens (tertiary/aromatic N) is 1. The molecule has 8 heteroatoms. The molecule has 1 heterocycles. The molecular weight excluding hydrogens is 299 g/mol. The van der Waals surface area contributed by atoms with E-state index in [-0.39, 0.29) is 5.92 Å². The zero-order valence-electron chi connectivity index (χ0n) is 11.8. The normalized spacial score (nSPS) is 17.3. The molecule has 0 atom stereocenters. The first kappa shape index (κ1) is 15.6. The van der Waals surface area contributed by atoms with Crippen molar-refractivity contribution in [3.05, 3.63) is 23.5 Å². The Morgan fingerprint density at radius 3 is 2.43 bits per heavy atom. The summed E-state index contributed by atoms with van der Waals surface area (Å²) in [4.78, 5) is 11.2. The third kappa shape index (κ3) is 2.80. The predicted octanol–water partition coefficient (Wildman–Crippen LogP) is 1.62. The van der Waals surface area contributed by atoms with Crippen LogP contribution in [0.4, 0.5) is 10.1 Å². The number of nitrogens with one attached hydrogen (secondary N) is 1. The average molecular weight is 316 g/mol. The van der Waals surface area contributed by atoms with Gasteiger partial charge in [-0.05, 0) is 36.5 Å². The number of hydrogen-bond acceptors (Lipinski definition) is 4. The maximum Gasteiger partial charge on any atom is 0.326 e. The third-order valence-corrected chi connectivity index (χ3v) is 4.97. The van der Waals surface area contributed by atoms with Crippen LogP contribution >= 0.6 is 0 Å². The highest BCUT2D eigenvalue weighted by molar-refractivity contribution is 7.92. The minimum atomic E-state index is -4.14. The van der Waals surface area contributed by atoms with Crippen LogP contribution in [-0.2, 0) is 15.0 Å². The number of phenolic OH excluding ortho intramolecular Hbond substituents is 1. The fourth-order valence-electron chi connectivity index (χ4n) is 2.49. The SMILES string of the molecule is CCC(CC)c1cc(O)c(N2CC(=O)NS2(=O)=O)c(F)c1. The Balaban J connectivity index is 2.50. The van der Waals surface area contributed by atoms with Gasteiger partial charge in [0.1, 0.15) is 18.0 Å². The number of carbonyl (C=O) groups excluding carboxylic acids is 1. The lowest BCUT2D eigenvalue weighted by molar-refractivity contribution is -0.117. The summed E-state index contributed by atoms with van der Waals surface area (Å²) >= 11 is 0. The molecule has 1 fully saturated rings. The van der Waals surface area contributed by atoms with Crippen LogP contribution in [0, 0.1) is 5.82 Å². The molecule has 0 spiro atoms. The van der Waals surface area contributed by atoms with Gasteiger partial charge in [0, 0.05) is 0 Å². The first-order valence-corrected chi connectivity index (χ1v) is 8.09. The molecule has 1 saturated heterocycles. The maximum absolute atomic E-state index is 14.3. The molecule has 0 aliphatic carbocycles. The Labute approximate surface area is 122 Å². The summed E-state index contributed by atoms with van der Waals surface area (Å²) in [5.74, 6) is -2.04. The number of benzene rings is 1. The molecule has 1 aliphatic rings. The number of rotatable bonds is 4. The van der Waals surface area contributed by atoms with E-state index in [1.165, 1.54) is 12.1 Å². The van der Waals surface area contributed by atoms with Crippen molar-refractivity contribution >= 4 is 21.8 Å². The Hall–Kier alpha value is -1.83. The van der Waals surface area contributed by atoms with Crippen LogP contribution in [0.5, 0.6) is 5.75 Å². The van der Waals surface area contributed by atoms with Gasteiger partial charge < -0.3 is 5.11 Å². The van der Waals surface area contributed by atoms with E-state index in [4.69, 9.17) is 0 Å². The van der Waals surface area contributed by atoms with Crippen molar-refractivity contribution in [1.82, 2.24) is 4.72 Å². The molecule has 21 heavy (non-hydrogen) atoms. The summed E-state index contributed by atoms with van der Waals surface area (Å²) in [5, 5.41) is 10.0. The van der Waals surface area contributed by atoms with E-state index < -0.39 is 39.9 Å². The summed E-state index contributed by atoms with van der Waals surface area (Å²) in [5.41, 5.74) is 0.109. The lowest BCUT2D eigenvalue weighted by atomic mass is 9.93. The van der Waals surface area contributed by atoms with E-state index >= 15 is 0 Å². The van der Waals surface area contributed by atoms with E-state index in [0.29, 0.717) is 9.87 Å². The van der Waals surface area contributed by atoms with Crippen molar-refractivity contribution in [3.63, 3.8) is 0 Å². The van der Waals surface area contributed by atoms with Gasteiger partial charge in [-0.2, -0.15) is 8.42 Å². The number of hydrogen-bond donors (Lipinski definition) is 2. The smallest absolute Gasteiger partial charge is 0.326 e. The van der Waals surface area contributed by atoms with Crippen LogP contribution in [0.15, 0.2) is 12.1 Å². The van der Waals surface area contributed by atoms with Crippen molar-refractivity contribution in [2.45, 2.75) is 32.6 Å². The first-order valence-electron chi connectivity index (χ1n) is 6.65. The van der Waals surface area contributed by atoms with Gasteiger partial charge >= 0.3 is 10.2 Å². The van der Waals surface area contributed by atoms with Crippen LogP contribution in [-0.4, -0.2) is 26.0 Å². The number of anilines is 1. The van der Waals surface area contributed by atoms with E-state index in [1.807, 2.05) is 13.8 Å². The third-order valence-electron chi connectivity index (χ3n) is 3.59. The van der Waals surface area contributed by atoms with Gasteiger partial charge in [0.05, 0.1) is 0 Å². The predicted molar refractivity (Wildman–Crippen MR) is 75.8 cm³/mol. The number of aromatic hydroxyl groups is 1. The summed E-state index contributed by atoms with van der Waals surface area (Å²) in [6, 6.07) is 2.57. The Morgan fingerprint density at radius 1 is 1.38 bits per heavy atom. The van der Waals surface area contributed by atoms with Gasteiger partial charge in [0.15, 0.2) is 5.82 Å². The summed E-state index contributed by atoms with van der Waals surface area (Å²) < 4.78 is 40.0. The van der Waals surface area contributed by atoms with Crippen LogP contribution in [0.25, 0.3) is 0 Å². The number of phenols is 1. The second kappa shape index (κ2) is 5.51. The molecule has 1 aromatic rings. The average Bonchev–Trinajstić information content (AvgIpc) is 2.63. The van der Waals surface area contributed by atoms with Crippen molar-refractivity contribution in [3.8, 4) is 5.75 Å². The van der Waals surface area contributed by atoms with Gasteiger partial charge in [-0.15, -0.1) is 0 Å².